The minimum Gasteiger partial charge on any atom is -0.481 e. The molecule has 108 valence electrons. The standard InChI is InChI=1S/C14H18N2O4/c1-14(2,3)13(19)16-12-9(6-8-11(17)18)5-7-10(15-12)20-4/h5-8H,1-4H3,(H,17,18)(H,15,16,19). The van der Waals surface area contributed by atoms with Gasteiger partial charge in [-0.15, -0.1) is 0 Å². The van der Waals surface area contributed by atoms with Crippen molar-refractivity contribution in [3.05, 3.63) is 23.8 Å². The molecule has 1 amide bonds. The SMILES string of the molecule is COc1ccc(C=CC(=O)O)c(NC(=O)C(C)(C)C)n1. The third kappa shape index (κ3) is 4.38. The molecule has 0 atom stereocenters. The van der Waals surface area contributed by atoms with Crippen LogP contribution in [0.3, 0.4) is 0 Å². The Morgan fingerprint density at radius 1 is 1.35 bits per heavy atom. The van der Waals surface area contributed by atoms with Gasteiger partial charge in [0.25, 0.3) is 0 Å². The van der Waals surface area contributed by atoms with Crippen LogP contribution in [0.15, 0.2) is 18.2 Å². The summed E-state index contributed by atoms with van der Waals surface area (Å²) in [6.07, 6.45) is 2.35. The van der Waals surface area contributed by atoms with Crippen LogP contribution in [0.4, 0.5) is 5.82 Å². The number of hydrogen-bond acceptors (Lipinski definition) is 4. The fourth-order valence-corrected chi connectivity index (χ4v) is 1.26. The van der Waals surface area contributed by atoms with E-state index in [4.69, 9.17) is 9.84 Å². The van der Waals surface area contributed by atoms with Gasteiger partial charge < -0.3 is 15.2 Å². The Hall–Kier alpha value is -2.37. The summed E-state index contributed by atoms with van der Waals surface area (Å²) in [6.45, 7) is 5.32. The first-order chi connectivity index (χ1) is 9.24. The van der Waals surface area contributed by atoms with E-state index < -0.39 is 11.4 Å². The molecule has 0 aliphatic rings. The molecular formula is C14H18N2O4. The highest BCUT2D eigenvalue weighted by atomic mass is 16.5. The molecular weight excluding hydrogens is 260 g/mol. The van der Waals surface area contributed by atoms with Gasteiger partial charge >= 0.3 is 5.97 Å². The van der Waals surface area contributed by atoms with E-state index in [9.17, 15) is 9.59 Å². The highest BCUT2D eigenvalue weighted by molar-refractivity contribution is 5.96. The van der Waals surface area contributed by atoms with Crippen molar-refractivity contribution in [3.8, 4) is 5.88 Å². The van der Waals surface area contributed by atoms with Crippen LogP contribution in [0.2, 0.25) is 0 Å². The van der Waals surface area contributed by atoms with Crippen LogP contribution in [0.25, 0.3) is 6.08 Å². The van der Waals surface area contributed by atoms with Crippen LogP contribution >= 0.6 is 0 Å². The van der Waals surface area contributed by atoms with Crippen LogP contribution in [-0.2, 0) is 9.59 Å². The number of amides is 1. The van der Waals surface area contributed by atoms with Gasteiger partial charge in [-0.2, -0.15) is 4.98 Å². The summed E-state index contributed by atoms with van der Waals surface area (Å²) in [5.74, 6) is -0.694. The maximum Gasteiger partial charge on any atom is 0.328 e. The molecule has 6 nitrogen and oxygen atoms in total. The fraction of sp³-hybridized carbons (Fsp3) is 0.357. The number of carboxylic acids is 1. The van der Waals surface area contributed by atoms with Crippen molar-refractivity contribution in [2.24, 2.45) is 5.41 Å². The van der Waals surface area contributed by atoms with Crippen molar-refractivity contribution in [1.29, 1.82) is 0 Å². The molecule has 6 heteroatoms. The van der Waals surface area contributed by atoms with E-state index in [-0.39, 0.29) is 11.7 Å². The Labute approximate surface area is 117 Å². The number of pyridine rings is 1. The van der Waals surface area contributed by atoms with Crippen molar-refractivity contribution in [2.45, 2.75) is 20.8 Å². The van der Waals surface area contributed by atoms with Crippen LogP contribution in [0.1, 0.15) is 26.3 Å². The molecule has 0 saturated heterocycles. The second-order valence-corrected chi connectivity index (χ2v) is 5.17. The van der Waals surface area contributed by atoms with Gasteiger partial charge in [0.2, 0.25) is 11.8 Å². The lowest BCUT2D eigenvalue weighted by atomic mass is 9.95. The van der Waals surface area contributed by atoms with E-state index in [0.717, 1.165) is 6.08 Å². The molecule has 0 bridgehead atoms. The average molecular weight is 278 g/mol. The number of hydrogen-bond donors (Lipinski definition) is 2. The van der Waals surface area contributed by atoms with E-state index in [1.54, 1.807) is 32.9 Å². The summed E-state index contributed by atoms with van der Waals surface area (Å²) in [5.41, 5.74) is -0.0933. The van der Waals surface area contributed by atoms with Crippen LogP contribution < -0.4 is 10.1 Å². The van der Waals surface area contributed by atoms with E-state index in [1.807, 2.05) is 0 Å². The summed E-state index contributed by atoms with van der Waals surface area (Å²) in [5, 5.41) is 11.3. The first-order valence-electron chi connectivity index (χ1n) is 6.01. The van der Waals surface area contributed by atoms with E-state index in [0.29, 0.717) is 11.4 Å². The number of nitrogens with one attached hydrogen (secondary N) is 1. The predicted octanol–water partition coefficient (Wildman–Crippen LogP) is 2.17. The Balaban J connectivity index is 3.13. The number of nitrogens with zero attached hydrogens (tertiary/aromatic N) is 1. The van der Waals surface area contributed by atoms with Crippen LogP contribution in [0.5, 0.6) is 5.88 Å². The molecule has 0 saturated carbocycles. The Morgan fingerprint density at radius 2 is 2.00 bits per heavy atom. The first kappa shape index (κ1) is 15.7. The van der Waals surface area contributed by atoms with Gasteiger partial charge in [-0.3, -0.25) is 4.79 Å². The Morgan fingerprint density at radius 3 is 2.50 bits per heavy atom. The summed E-state index contributed by atoms with van der Waals surface area (Å²) in [6, 6.07) is 3.22. The van der Waals surface area contributed by atoms with E-state index in [2.05, 4.69) is 10.3 Å². The monoisotopic (exact) mass is 278 g/mol. The molecule has 1 heterocycles. The van der Waals surface area contributed by atoms with E-state index >= 15 is 0 Å². The van der Waals surface area contributed by atoms with Crippen molar-refractivity contribution >= 4 is 23.8 Å². The molecule has 1 aromatic heterocycles. The number of carbonyl (C=O) groups is 2. The fourth-order valence-electron chi connectivity index (χ4n) is 1.26. The highest BCUT2D eigenvalue weighted by Gasteiger charge is 2.22. The highest BCUT2D eigenvalue weighted by Crippen LogP contribution is 2.22. The molecule has 1 aromatic rings. The number of carboxylic acid groups (broad SMARTS) is 1. The first-order valence-corrected chi connectivity index (χ1v) is 6.01. The lowest BCUT2D eigenvalue weighted by Crippen LogP contribution is -2.28. The van der Waals surface area contributed by atoms with Crippen molar-refractivity contribution in [2.75, 3.05) is 12.4 Å². The van der Waals surface area contributed by atoms with Gasteiger partial charge in [-0.05, 0) is 12.1 Å². The van der Waals surface area contributed by atoms with Gasteiger partial charge in [0.1, 0.15) is 5.82 Å². The zero-order chi connectivity index (χ0) is 15.3. The molecule has 2 N–H and O–H groups in total. The normalized spacial score (nSPS) is 11.4. The van der Waals surface area contributed by atoms with Crippen LogP contribution in [0, 0.1) is 5.41 Å². The molecule has 0 spiro atoms. The van der Waals surface area contributed by atoms with Gasteiger partial charge in [-0.1, -0.05) is 20.8 Å². The lowest BCUT2D eigenvalue weighted by molar-refractivity contribution is -0.131. The molecule has 0 radical (unpaired) electrons. The zero-order valence-corrected chi connectivity index (χ0v) is 11.9. The summed E-state index contributed by atoms with van der Waals surface area (Å²) in [4.78, 5) is 26.7. The van der Waals surface area contributed by atoms with Gasteiger partial charge in [-0.25, -0.2) is 4.79 Å². The maximum absolute atomic E-state index is 12.0. The molecule has 0 fully saturated rings. The third-order valence-corrected chi connectivity index (χ3v) is 2.43. The lowest BCUT2D eigenvalue weighted by Gasteiger charge is -2.18. The largest absolute Gasteiger partial charge is 0.481 e. The number of ether oxygens (including phenoxy) is 1. The third-order valence-electron chi connectivity index (χ3n) is 2.43. The van der Waals surface area contributed by atoms with Gasteiger partial charge in [0.15, 0.2) is 0 Å². The summed E-state index contributed by atoms with van der Waals surface area (Å²) in [7, 11) is 1.46. The van der Waals surface area contributed by atoms with Gasteiger partial charge in [0.05, 0.1) is 7.11 Å². The topological polar surface area (TPSA) is 88.5 Å². The molecule has 1 rings (SSSR count). The van der Waals surface area contributed by atoms with Crippen molar-refractivity contribution in [3.63, 3.8) is 0 Å². The summed E-state index contributed by atoms with van der Waals surface area (Å²) < 4.78 is 5.00. The second-order valence-electron chi connectivity index (χ2n) is 5.17. The number of rotatable bonds is 4. The van der Waals surface area contributed by atoms with Gasteiger partial charge in [0, 0.05) is 23.1 Å². The molecule has 0 aliphatic carbocycles. The maximum atomic E-state index is 12.0. The number of carbonyl (C=O) groups excluding carboxylic acids is 1. The molecule has 20 heavy (non-hydrogen) atoms. The Bertz CT molecular complexity index is 545. The number of anilines is 1. The second kappa shape index (κ2) is 6.18. The predicted molar refractivity (Wildman–Crippen MR) is 75.5 cm³/mol. The number of methoxy groups -OCH3 is 1. The summed E-state index contributed by atoms with van der Waals surface area (Å²) >= 11 is 0. The zero-order valence-electron chi connectivity index (χ0n) is 11.9. The quantitative estimate of drug-likeness (QED) is 0.824. The minimum atomic E-state index is -1.08. The van der Waals surface area contributed by atoms with Crippen molar-refractivity contribution in [1.82, 2.24) is 4.98 Å². The molecule has 0 unspecified atom stereocenters. The smallest absolute Gasteiger partial charge is 0.328 e. The number of aliphatic carboxylic acids is 1. The van der Waals surface area contributed by atoms with E-state index in [1.165, 1.54) is 13.2 Å². The molecule has 0 aliphatic heterocycles. The Kier molecular flexibility index (Phi) is 4.85. The molecule has 0 aromatic carbocycles. The number of aromatic nitrogens is 1. The van der Waals surface area contributed by atoms with Crippen molar-refractivity contribution < 1.29 is 19.4 Å². The van der Waals surface area contributed by atoms with Crippen LogP contribution in [-0.4, -0.2) is 29.1 Å². The minimum absolute atomic E-state index is 0.219. The average Bonchev–Trinajstić information content (AvgIpc) is 2.35.